The molecule has 0 amide bonds. The molecule has 6 nitrogen and oxygen atoms in total. The molecule has 1 aromatic heterocycles. The Bertz CT molecular complexity index is 767. The summed E-state index contributed by atoms with van der Waals surface area (Å²) >= 11 is 0. The maximum atomic E-state index is 12.0. The van der Waals surface area contributed by atoms with E-state index in [1.165, 1.54) is 0 Å². The van der Waals surface area contributed by atoms with Gasteiger partial charge in [-0.15, -0.1) is 0 Å². The number of anilines is 1. The lowest BCUT2D eigenvalue weighted by Gasteiger charge is -2.06. The van der Waals surface area contributed by atoms with Crippen LogP contribution in [-0.4, -0.2) is 25.3 Å². The molecule has 0 saturated heterocycles. The maximum Gasteiger partial charge on any atom is 0.238 e. The van der Waals surface area contributed by atoms with Crippen LogP contribution in [0.5, 0.6) is 0 Å². The Morgan fingerprint density at radius 2 is 2.05 bits per heavy atom. The number of sulfonamides is 1. The van der Waals surface area contributed by atoms with Gasteiger partial charge in [0.05, 0.1) is 0 Å². The van der Waals surface area contributed by atoms with E-state index < -0.39 is 10.0 Å². The summed E-state index contributed by atoms with van der Waals surface area (Å²) in [6.07, 6.45) is 0. The minimum atomic E-state index is -3.55. The van der Waals surface area contributed by atoms with Gasteiger partial charge in [-0.05, 0) is 31.2 Å². The minimum Gasteiger partial charge on any atom is -0.384 e. The largest absolute Gasteiger partial charge is 0.384 e. The summed E-state index contributed by atoms with van der Waals surface area (Å²) in [5, 5.41) is 12.3. The van der Waals surface area contributed by atoms with Gasteiger partial charge in [0.15, 0.2) is 0 Å². The van der Waals surface area contributed by atoms with E-state index in [4.69, 9.17) is 9.63 Å². The van der Waals surface area contributed by atoms with Crippen molar-refractivity contribution in [2.24, 2.45) is 0 Å². The van der Waals surface area contributed by atoms with Crippen LogP contribution >= 0.6 is 0 Å². The summed E-state index contributed by atoms with van der Waals surface area (Å²) < 4.78 is 31.3. The van der Waals surface area contributed by atoms with Crippen molar-refractivity contribution in [3.8, 4) is 11.8 Å². The van der Waals surface area contributed by atoms with Crippen LogP contribution in [0.25, 0.3) is 0 Å². The number of aryl methyl sites for hydroxylation is 1. The number of benzene rings is 1. The van der Waals surface area contributed by atoms with E-state index in [9.17, 15) is 8.42 Å². The van der Waals surface area contributed by atoms with Crippen LogP contribution in [0.1, 0.15) is 17.0 Å². The number of hydrogen-bond donors (Lipinski definition) is 2. The van der Waals surface area contributed by atoms with E-state index in [-0.39, 0.29) is 12.4 Å². The Hall–Kier alpha value is -2.30. The molecule has 0 fully saturated rings. The highest BCUT2D eigenvalue weighted by Gasteiger charge is 2.14. The van der Waals surface area contributed by atoms with E-state index in [0.717, 1.165) is 0 Å². The first-order valence-electron chi connectivity index (χ1n) is 6.11. The first kappa shape index (κ1) is 15.1. The molecule has 7 heteroatoms. The van der Waals surface area contributed by atoms with Crippen LogP contribution in [-0.2, 0) is 15.8 Å². The molecular formula is C14H14N2O4S. The smallest absolute Gasteiger partial charge is 0.238 e. The number of aliphatic hydroxyl groups is 1. The molecule has 2 aromatic rings. The van der Waals surface area contributed by atoms with Crippen LogP contribution in [0.15, 0.2) is 34.9 Å². The van der Waals surface area contributed by atoms with Gasteiger partial charge in [0.1, 0.15) is 23.8 Å². The first-order valence-corrected chi connectivity index (χ1v) is 7.76. The average molecular weight is 306 g/mol. The van der Waals surface area contributed by atoms with Crippen molar-refractivity contribution in [1.82, 2.24) is 5.16 Å². The van der Waals surface area contributed by atoms with Gasteiger partial charge in [-0.1, -0.05) is 17.0 Å². The molecule has 0 aliphatic carbocycles. The fraction of sp³-hybridized carbons (Fsp3) is 0.214. The Balaban J connectivity index is 2.06. The average Bonchev–Trinajstić information content (AvgIpc) is 2.82. The van der Waals surface area contributed by atoms with E-state index in [0.29, 0.717) is 22.7 Å². The van der Waals surface area contributed by atoms with E-state index >= 15 is 0 Å². The van der Waals surface area contributed by atoms with Crippen molar-refractivity contribution in [1.29, 1.82) is 0 Å². The van der Waals surface area contributed by atoms with Crippen molar-refractivity contribution in [2.75, 3.05) is 11.3 Å². The third kappa shape index (κ3) is 4.63. The fourth-order valence-electron chi connectivity index (χ4n) is 1.66. The minimum absolute atomic E-state index is 0.217. The molecule has 1 aromatic carbocycles. The summed E-state index contributed by atoms with van der Waals surface area (Å²) in [5.41, 5.74) is 1.48. The molecule has 0 saturated carbocycles. The van der Waals surface area contributed by atoms with Gasteiger partial charge in [0.2, 0.25) is 10.0 Å². The summed E-state index contributed by atoms with van der Waals surface area (Å²) in [4.78, 5) is 0. The number of hydrogen-bond acceptors (Lipinski definition) is 5. The molecule has 2 rings (SSSR count). The predicted molar refractivity (Wildman–Crippen MR) is 77.9 cm³/mol. The van der Waals surface area contributed by atoms with Gasteiger partial charge < -0.3 is 9.63 Å². The summed E-state index contributed by atoms with van der Waals surface area (Å²) in [6.45, 7) is 1.48. The zero-order valence-corrected chi connectivity index (χ0v) is 12.1. The topological polar surface area (TPSA) is 92.4 Å². The van der Waals surface area contributed by atoms with Gasteiger partial charge in [0, 0.05) is 17.3 Å². The number of aromatic nitrogens is 1. The van der Waals surface area contributed by atoms with E-state index in [1.807, 2.05) is 0 Å². The monoisotopic (exact) mass is 306 g/mol. The Labute approximate surface area is 122 Å². The third-order valence-electron chi connectivity index (χ3n) is 2.48. The van der Waals surface area contributed by atoms with E-state index in [2.05, 4.69) is 21.7 Å². The van der Waals surface area contributed by atoms with Gasteiger partial charge in [-0.25, -0.2) is 8.42 Å². The SMILES string of the molecule is Cc1cc(CS(=O)(=O)Nc2ccc(C#CCO)cc2)no1. The molecule has 0 bridgehead atoms. The quantitative estimate of drug-likeness (QED) is 0.830. The Morgan fingerprint density at radius 1 is 1.33 bits per heavy atom. The number of nitrogens with one attached hydrogen (secondary N) is 1. The molecule has 0 unspecified atom stereocenters. The molecule has 0 aliphatic heterocycles. The highest BCUT2D eigenvalue weighted by molar-refractivity contribution is 7.91. The lowest BCUT2D eigenvalue weighted by Crippen LogP contribution is -2.15. The first-order chi connectivity index (χ1) is 9.98. The molecule has 0 radical (unpaired) electrons. The van der Waals surface area contributed by atoms with Gasteiger partial charge in [-0.3, -0.25) is 4.72 Å². The summed E-state index contributed by atoms with van der Waals surface area (Å²) in [6, 6.07) is 8.12. The highest BCUT2D eigenvalue weighted by atomic mass is 32.2. The molecule has 0 aliphatic rings. The van der Waals surface area contributed by atoms with Crippen LogP contribution in [0, 0.1) is 18.8 Å². The van der Waals surface area contributed by atoms with E-state index in [1.54, 1.807) is 37.3 Å². The normalized spacial score (nSPS) is 10.8. The Morgan fingerprint density at radius 3 is 2.62 bits per heavy atom. The van der Waals surface area contributed by atoms with Crippen LogP contribution in [0.2, 0.25) is 0 Å². The maximum absolute atomic E-state index is 12.0. The summed E-state index contributed by atoms with van der Waals surface area (Å²) in [5.74, 6) is 5.55. The third-order valence-corrected chi connectivity index (χ3v) is 3.71. The molecule has 0 spiro atoms. The lowest BCUT2D eigenvalue weighted by atomic mass is 10.2. The molecular weight excluding hydrogens is 292 g/mol. The van der Waals surface area contributed by atoms with Gasteiger partial charge in [0.25, 0.3) is 0 Å². The summed E-state index contributed by atoms with van der Waals surface area (Å²) in [7, 11) is -3.55. The molecule has 0 atom stereocenters. The number of nitrogens with zero attached hydrogens (tertiary/aromatic N) is 1. The fourth-order valence-corrected chi connectivity index (χ4v) is 2.75. The van der Waals surface area contributed by atoms with Crippen molar-refractivity contribution in [3.05, 3.63) is 47.3 Å². The van der Waals surface area contributed by atoms with Crippen LogP contribution in [0.3, 0.4) is 0 Å². The van der Waals surface area contributed by atoms with Crippen molar-refractivity contribution in [2.45, 2.75) is 12.7 Å². The highest BCUT2D eigenvalue weighted by Crippen LogP contribution is 2.13. The number of aliphatic hydroxyl groups excluding tert-OH is 1. The second kappa shape index (κ2) is 6.43. The molecule has 110 valence electrons. The molecule has 2 N–H and O–H groups in total. The zero-order chi connectivity index (χ0) is 15.3. The zero-order valence-electron chi connectivity index (χ0n) is 11.3. The van der Waals surface area contributed by atoms with Crippen molar-refractivity contribution in [3.63, 3.8) is 0 Å². The Kier molecular flexibility index (Phi) is 4.62. The van der Waals surface area contributed by atoms with Crippen molar-refractivity contribution >= 4 is 15.7 Å². The molecule has 1 heterocycles. The lowest BCUT2D eigenvalue weighted by molar-refractivity contribution is 0.350. The van der Waals surface area contributed by atoms with Gasteiger partial charge >= 0.3 is 0 Å². The van der Waals surface area contributed by atoms with Crippen LogP contribution in [0.4, 0.5) is 5.69 Å². The van der Waals surface area contributed by atoms with Crippen LogP contribution < -0.4 is 4.72 Å². The predicted octanol–water partition coefficient (Wildman–Crippen LogP) is 1.27. The second-order valence-electron chi connectivity index (χ2n) is 4.33. The second-order valence-corrected chi connectivity index (χ2v) is 6.05. The molecule has 21 heavy (non-hydrogen) atoms. The number of rotatable bonds is 4. The van der Waals surface area contributed by atoms with Crippen molar-refractivity contribution < 1.29 is 18.0 Å². The standard InChI is InChI=1S/C14H14N2O4S/c1-11-9-14(15-20-11)10-21(18,19)16-13-6-4-12(5-7-13)3-2-8-17/h4-7,9,16-17H,8,10H2,1H3. The van der Waals surface area contributed by atoms with Gasteiger partial charge in [-0.2, -0.15) is 0 Å².